The predicted molar refractivity (Wildman–Crippen MR) is 67.6 cm³/mol. The van der Waals surface area contributed by atoms with Crippen molar-refractivity contribution < 1.29 is 22.1 Å². The number of hydrogen-bond acceptors (Lipinski definition) is 7. The van der Waals surface area contributed by atoms with Crippen LogP contribution in [0.3, 0.4) is 0 Å². The molecule has 0 fully saturated rings. The van der Waals surface area contributed by atoms with Crippen LogP contribution in [0.1, 0.15) is 18.3 Å². The summed E-state index contributed by atoms with van der Waals surface area (Å²) in [6.07, 6.45) is 2.40. The number of hydrogen-bond donors (Lipinski definition) is 0. The Balaban J connectivity index is 2.32. The van der Waals surface area contributed by atoms with Gasteiger partial charge >= 0.3 is 0 Å². The smallest absolute Gasteiger partial charge is 0.293 e. The van der Waals surface area contributed by atoms with Crippen LogP contribution in [0.15, 0.2) is 17.1 Å². The van der Waals surface area contributed by atoms with Gasteiger partial charge in [-0.05, 0) is 6.42 Å². The summed E-state index contributed by atoms with van der Waals surface area (Å²) in [5.41, 5.74) is -0.286. The van der Waals surface area contributed by atoms with E-state index in [9.17, 15) is 18.0 Å². The maximum Gasteiger partial charge on any atom is 0.293 e. The number of ether oxygens (including phenoxy) is 1. The average Bonchev–Trinajstić information content (AvgIpc) is 2.78. The molecule has 0 saturated carbocycles. The van der Waals surface area contributed by atoms with Gasteiger partial charge in [0.15, 0.2) is 0 Å². The highest BCUT2D eigenvalue weighted by Crippen LogP contribution is 2.27. The molecule has 0 radical (unpaired) electrons. The molecule has 1 aliphatic heterocycles. The van der Waals surface area contributed by atoms with Crippen LogP contribution in [0, 0.1) is 0 Å². The largest absolute Gasteiger partial charge is 0.465 e. The van der Waals surface area contributed by atoms with Crippen molar-refractivity contribution >= 4 is 16.6 Å². The summed E-state index contributed by atoms with van der Waals surface area (Å²) in [6.45, 7) is -0.0392. The summed E-state index contributed by atoms with van der Waals surface area (Å²) >= 11 is 0. The van der Waals surface area contributed by atoms with Crippen molar-refractivity contribution in [1.82, 2.24) is 9.55 Å². The molecule has 0 N–H and O–H groups in total. The zero-order valence-electron chi connectivity index (χ0n) is 10.8. The van der Waals surface area contributed by atoms with Gasteiger partial charge in [-0.1, -0.05) is 0 Å². The van der Waals surface area contributed by atoms with Crippen LogP contribution in [0.2, 0.25) is 0 Å². The molecule has 1 aromatic rings. The van der Waals surface area contributed by atoms with E-state index in [0.717, 1.165) is 6.26 Å². The normalized spacial score (nSPS) is 19.4. The van der Waals surface area contributed by atoms with Crippen molar-refractivity contribution in [2.75, 3.05) is 12.9 Å². The molecule has 0 amide bonds. The van der Waals surface area contributed by atoms with Crippen molar-refractivity contribution in [3.63, 3.8) is 0 Å². The number of aromatic nitrogens is 2. The third-order valence-corrected chi connectivity index (χ3v) is 3.60. The van der Waals surface area contributed by atoms with Gasteiger partial charge in [-0.3, -0.25) is 18.3 Å². The van der Waals surface area contributed by atoms with Gasteiger partial charge in [-0.25, -0.2) is 4.98 Å². The van der Waals surface area contributed by atoms with Gasteiger partial charge in [-0.15, -0.1) is 0 Å². The first-order valence-corrected chi connectivity index (χ1v) is 7.74. The Kier molecular flexibility index (Phi) is 4.19. The number of carbonyl (C=O) groups is 1. The number of aryl methyl sites for hydroxylation is 1. The molecule has 0 spiro atoms. The van der Waals surface area contributed by atoms with E-state index in [1.165, 1.54) is 16.8 Å². The van der Waals surface area contributed by atoms with E-state index < -0.39 is 22.3 Å². The Morgan fingerprint density at radius 3 is 3.00 bits per heavy atom. The molecule has 0 bridgehead atoms. The Morgan fingerprint density at radius 2 is 2.35 bits per heavy atom. The fraction of sp³-hybridized carbons (Fsp3) is 0.545. The molecule has 2 unspecified atom stereocenters. The van der Waals surface area contributed by atoms with E-state index in [4.69, 9.17) is 4.18 Å². The standard InChI is InChI=1S/C11H14N2O6S/c1-20(16,17)19-9(6-18-7-14)8-2-3-10-12-5-4-11(15)13(8)10/h4-5,7-9H,2-3,6H2,1H3. The van der Waals surface area contributed by atoms with Crippen molar-refractivity contribution in [2.24, 2.45) is 0 Å². The fourth-order valence-electron chi connectivity index (χ4n) is 2.32. The number of rotatable bonds is 6. The van der Waals surface area contributed by atoms with E-state index in [0.29, 0.717) is 18.7 Å². The molecule has 2 heterocycles. The van der Waals surface area contributed by atoms with Crippen molar-refractivity contribution in [3.05, 3.63) is 28.4 Å². The SMILES string of the molecule is CS(=O)(=O)OC(COC=O)C1CCc2nccc(=O)n21. The Labute approximate surface area is 115 Å². The minimum atomic E-state index is -3.74. The quantitative estimate of drug-likeness (QED) is 0.503. The number of fused-ring (bicyclic) bond motifs is 1. The Morgan fingerprint density at radius 1 is 1.60 bits per heavy atom. The predicted octanol–water partition coefficient (Wildman–Crippen LogP) is -0.752. The molecular formula is C11H14N2O6S. The fourth-order valence-corrected chi connectivity index (χ4v) is 2.95. The summed E-state index contributed by atoms with van der Waals surface area (Å²) in [6, 6.07) is 0.765. The molecule has 1 aromatic heterocycles. The van der Waals surface area contributed by atoms with Crippen LogP contribution < -0.4 is 5.56 Å². The van der Waals surface area contributed by atoms with Crippen LogP contribution in [-0.4, -0.2) is 43.4 Å². The number of nitrogens with zero attached hydrogens (tertiary/aromatic N) is 2. The van der Waals surface area contributed by atoms with Gasteiger partial charge in [-0.2, -0.15) is 8.42 Å². The Hall–Kier alpha value is -1.74. The third kappa shape index (κ3) is 3.23. The first-order chi connectivity index (χ1) is 9.42. The summed E-state index contributed by atoms with van der Waals surface area (Å²) in [7, 11) is -3.74. The zero-order valence-corrected chi connectivity index (χ0v) is 11.6. The van der Waals surface area contributed by atoms with E-state index >= 15 is 0 Å². The first-order valence-electron chi connectivity index (χ1n) is 5.92. The van der Waals surface area contributed by atoms with Crippen LogP contribution >= 0.6 is 0 Å². The van der Waals surface area contributed by atoms with Gasteiger partial charge < -0.3 is 4.74 Å². The average molecular weight is 302 g/mol. The van der Waals surface area contributed by atoms with E-state index in [1.54, 1.807) is 0 Å². The van der Waals surface area contributed by atoms with E-state index in [2.05, 4.69) is 9.72 Å². The highest BCUT2D eigenvalue weighted by Gasteiger charge is 2.34. The second-order valence-corrected chi connectivity index (χ2v) is 6.04. The summed E-state index contributed by atoms with van der Waals surface area (Å²) in [4.78, 5) is 26.2. The number of carbonyl (C=O) groups excluding carboxylic acids is 1. The molecule has 2 atom stereocenters. The van der Waals surface area contributed by atoms with Crippen LogP contribution in [0.5, 0.6) is 0 Å². The minimum absolute atomic E-state index is 0.209. The molecule has 0 aromatic carbocycles. The van der Waals surface area contributed by atoms with Crippen molar-refractivity contribution in [3.8, 4) is 0 Å². The minimum Gasteiger partial charge on any atom is -0.465 e. The molecule has 0 aliphatic carbocycles. The molecule has 0 saturated heterocycles. The van der Waals surface area contributed by atoms with Gasteiger partial charge in [0.1, 0.15) is 18.5 Å². The molecular weight excluding hydrogens is 288 g/mol. The van der Waals surface area contributed by atoms with Gasteiger partial charge in [0, 0.05) is 18.7 Å². The lowest BCUT2D eigenvalue weighted by atomic mass is 10.1. The van der Waals surface area contributed by atoms with Crippen LogP contribution in [0.25, 0.3) is 0 Å². The van der Waals surface area contributed by atoms with Crippen LogP contribution in [-0.2, 0) is 30.3 Å². The van der Waals surface area contributed by atoms with Gasteiger partial charge in [0.2, 0.25) is 0 Å². The topological polar surface area (TPSA) is 105 Å². The summed E-state index contributed by atoms with van der Waals surface area (Å²) in [5, 5.41) is 0. The van der Waals surface area contributed by atoms with Gasteiger partial charge in [0.05, 0.1) is 12.3 Å². The lowest BCUT2D eigenvalue weighted by Crippen LogP contribution is -2.36. The Bertz CT molecular complexity index is 653. The summed E-state index contributed by atoms with van der Waals surface area (Å²) < 4.78 is 33.5. The van der Waals surface area contributed by atoms with Gasteiger partial charge in [0.25, 0.3) is 22.1 Å². The monoisotopic (exact) mass is 302 g/mol. The second-order valence-electron chi connectivity index (χ2n) is 4.44. The zero-order chi connectivity index (χ0) is 14.8. The second kappa shape index (κ2) is 5.71. The lowest BCUT2D eigenvalue weighted by molar-refractivity contribution is -0.131. The molecule has 110 valence electrons. The van der Waals surface area contributed by atoms with E-state index in [-0.39, 0.29) is 18.6 Å². The molecule has 9 heteroatoms. The first kappa shape index (κ1) is 14.7. The van der Waals surface area contributed by atoms with Crippen molar-refractivity contribution in [1.29, 1.82) is 0 Å². The molecule has 2 rings (SSSR count). The summed E-state index contributed by atoms with van der Waals surface area (Å²) in [5.74, 6) is 0.565. The molecule has 20 heavy (non-hydrogen) atoms. The van der Waals surface area contributed by atoms with E-state index in [1.807, 2.05) is 0 Å². The maximum absolute atomic E-state index is 11.9. The maximum atomic E-state index is 11.9. The van der Waals surface area contributed by atoms with Crippen molar-refractivity contribution in [2.45, 2.75) is 25.0 Å². The van der Waals surface area contributed by atoms with Crippen LogP contribution in [0.4, 0.5) is 0 Å². The third-order valence-electron chi connectivity index (χ3n) is 3.01. The highest BCUT2D eigenvalue weighted by atomic mass is 32.2. The molecule has 8 nitrogen and oxygen atoms in total. The lowest BCUT2D eigenvalue weighted by Gasteiger charge is -2.23. The highest BCUT2D eigenvalue weighted by molar-refractivity contribution is 7.86. The molecule has 1 aliphatic rings.